The summed E-state index contributed by atoms with van der Waals surface area (Å²) in [7, 11) is 1.70. The third kappa shape index (κ3) is 2.52. The van der Waals surface area contributed by atoms with Crippen molar-refractivity contribution in [2.24, 2.45) is 16.7 Å². The zero-order valence-electron chi connectivity index (χ0n) is 12.9. The standard InChI is InChI=1S/C15H28N2O2/c1-14(2,13(18)16-5)9-17-11-10-7-6-8-19-12(10)15(11,3)4/h10-12,17H,6-9H2,1-5H3,(H,16,18)/t10-,11+,12+/m0/s1. The van der Waals surface area contributed by atoms with Gasteiger partial charge in [0, 0.05) is 37.6 Å². The van der Waals surface area contributed by atoms with Gasteiger partial charge in [-0.15, -0.1) is 0 Å². The highest BCUT2D eigenvalue weighted by atomic mass is 16.5. The average Bonchev–Trinajstić information content (AvgIpc) is 2.37. The van der Waals surface area contributed by atoms with E-state index < -0.39 is 0 Å². The van der Waals surface area contributed by atoms with E-state index >= 15 is 0 Å². The Morgan fingerprint density at radius 3 is 2.74 bits per heavy atom. The fourth-order valence-corrected chi connectivity index (χ4v) is 3.72. The van der Waals surface area contributed by atoms with Gasteiger partial charge in [-0.2, -0.15) is 0 Å². The van der Waals surface area contributed by atoms with Crippen LogP contribution in [0.15, 0.2) is 0 Å². The molecule has 0 radical (unpaired) electrons. The van der Waals surface area contributed by atoms with Gasteiger partial charge < -0.3 is 15.4 Å². The molecule has 0 aromatic carbocycles. The van der Waals surface area contributed by atoms with Gasteiger partial charge in [0.1, 0.15) is 0 Å². The number of ether oxygens (including phenoxy) is 1. The van der Waals surface area contributed by atoms with Crippen molar-refractivity contribution in [1.82, 2.24) is 10.6 Å². The molecule has 1 amide bonds. The molecule has 0 spiro atoms. The summed E-state index contributed by atoms with van der Waals surface area (Å²) in [6.07, 6.45) is 2.79. The van der Waals surface area contributed by atoms with Crippen molar-refractivity contribution in [3.05, 3.63) is 0 Å². The lowest BCUT2D eigenvalue weighted by Gasteiger charge is -2.60. The van der Waals surface area contributed by atoms with Gasteiger partial charge in [0.05, 0.1) is 11.5 Å². The van der Waals surface area contributed by atoms with Gasteiger partial charge in [-0.25, -0.2) is 0 Å². The molecule has 1 heterocycles. The Hall–Kier alpha value is -0.610. The Labute approximate surface area is 116 Å². The minimum atomic E-state index is -0.370. The third-order valence-electron chi connectivity index (χ3n) is 4.94. The second-order valence-corrected chi connectivity index (χ2v) is 7.24. The first-order chi connectivity index (χ1) is 8.80. The van der Waals surface area contributed by atoms with E-state index in [0.717, 1.165) is 13.0 Å². The minimum Gasteiger partial charge on any atom is -0.377 e. The summed E-state index contributed by atoms with van der Waals surface area (Å²) in [5, 5.41) is 6.36. The molecule has 2 fully saturated rings. The predicted molar refractivity (Wildman–Crippen MR) is 75.9 cm³/mol. The molecule has 4 heteroatoms. The normalized spacial score (nSPS) is 33.2. The van der Waals surface area contributed by atoms with Crippen LogP contribution in [-0.4, -0.2) is 38.3 Å². The minimum absolute atomic E-state index is 0.0913. The van der Waals surface area contributed by atoms with Crippen molar-refractivity contribution in [2.45, 2.75) is 52.7 Å². The largest absolute Gasteiger partial charge is 0.377 e. The highest BCUT2D eigenvalue weighted by Gasteiger charge is 2.57. The number of hydrogen-bond donors (Lipinski definition) is 2. The average molecular weight is 268 g/mol. The first-order valence-corrected chi connectivity index (χ1v) is 7.38. The summed E-state index contributed by atoms with van der Waals surface area (Å²) >= 11 is 0. The number of rotatable bonds is 4. The summed E-state index contributed by atoms with van der Waals surface area (Å²) in [4.78, 5) is 11.8. The van der Waals surface area contributed by atoms with E-state index in [1.54, 1.807) is 7.05 Å². The number of amides is 1. The summed E-state index contributed by atoms with van der Waals surface area (Å²) in [5.74, 6) is 0.706. The maximum Gasteiger partial charge on any atom is 0.226 e. The lowest BCUT2D eigenvalue weighted by molar-refractivity contribution is -0.193. The van der Waals surface area contributed by atoms with Gasteiger partial charge in [0.15, 0.2) is 0 Å². The van der Waals surface area contributed by atoms with E-state index in [0.29, 0.717) is 24.6 Å². The zero-order chi connectivity index (χ0) is 14.3. The fourth-order valence-electron chi connectivity index (χ4n) is 3.72. The molecule has 4 nitrogen and oxygen atoms in total. The summed E-state index contributed by atoms with van der Waals surface area (Å²) < 4.78 is 5.90. The molecule has 1 saturated carbocycles. The number of carbonyl (C=O) groups excluding carboxylic acids is 1. The van der Waals surface area contributed by atoms with E-state index in [-0.39, 0.29) is 16.7 Å². The Balaban J connectivity index is 1.94. The first-order valence-electron chi connectivity index (χ1n) is 7.38. The van der Waals surface area contributed by atoms with Crippen molar-refractivity contribution in [3.8, 4) is 0 Å². The molecule has 0 aromatic heterocycles. The molecule has 2 N–H and O–H groups in total. The van der Waals surface area contributed by atoms with Crippen LogP contribution in [-0.2, 0) is 9.53 Å². The Morgan fingerprint density at radius 1 is 1.42 bits per heavy atom. The molecule has 3 atom stereocenters. The lowest BCUT2D eigenvalue weighted by Crippen LogP contribution is -2.70. The van der Waals surface area contributed by atoms with Crippen LogP contribution in [0.4, 0.5) is 0 Å². The highest BCUT2D eigenvalue weighted by Crippen LogP contribution is 2.51. The number of fused-ring (bicyclic) bond motifs is 1. The van der Waals surface area contributed by atoms with E-state index in [2.05, 4.69) is 24.5 Å². The molecule has 1 aliphatic heterocycles. The maximum absolute atomic E-state index is 11.8. The predicted octanol–water partition coefficient (Wildman–Crippen LogP) is 1.55. The lowest BCUT2D eigenvalue weighted by atomic mass is 9.55. The van der Waals surface area contributed by atoms with Crippen LogP contribution >= 0.6 is 0 Å². The molecular weight excluding hydrogens is 240 g/mol. The van der Waals surface area contributed by atoms with Gasteiger partial charge in [-0.3, -0.25) is 4.79 Å². The van der Waals surface area contributed by atoms with Gasteiger partial charge >= 0.3 is 0 Å². The van der Waals surface area contributed by atoms with Crippen molar-refractivity contribution >= 4 is 5.91 Å². The van der Waals surface area contributed by atoms with Crippen LogP contribution in [0.1, 0.15) is 40.5 Å². The SMILES string of the molecule is CNC(=O)C(C)(C)CN[C@@H]1[C@@H]2CCCO[C@H]2C1(C)C. The van der Waals surface area contributed by atoms with Crippen LogP contribution < -0.4 is 10.6 Å². The first kappa shape index (κ1) is 14.8. The number of carbonyl (C=O) groups is 1. The van der Waals surface area contributed by atoms with Crippen LogP contribution in [0, 0.1) is 16.7 Å². The molecule has 110 valence electrons. The molecular formula is C15H28N2O2. The van der Waals surface area contributed by atoms with Crippen LogP contribution in [0.2, 0.25) is 0 Å². The Morgan fingerprint density at radius 2 is 2.11 bits per heavy atom. The molecule has 0 unspecified atom stereocenters. The third-order valence-corrected chi connectivity index (χ3v) is 4.94. The maximum atomic E-state index is 11.8. The van der Waals surface area contributed by atoms with E-state index in [4.69, 9.17) is 4.74 Å². The van der Waals surface area contributed by atoms with Gasteiger partial charge in [-0.05, 0) is 26.7 Å². The molecule has 2 aliphatic rings. The number of hydrogen-bond acceptors (Lipinski definition) is 3. The van der Waals surface area contributed by atoms with E-state index in [9.17, 15) is 4.79 Å². The van der Waals surface area contributed by atoms with Crippen molar-refractivity contribution in [2.75, 3.05) is 20.2 Å². The molecule has 2 rings (SSSR count). The van der Waals surface area contributed by atoms with Gasteiger partial charge in [0.25, 0.3) is 0 Å². The quantitative estimate of drug-likeness (QED) is 0.813. The monoisotopic (exact) mass is 268 g/mol. The second kappa shape index (κ2) is 5.06. The fraction of sp³-hybridized carbons (Fsp3) is 0.933. The van der Waals surface area contributed by atoms with E-state index in [1.165, 1.54) is 6.42 Å². The number of nitrogens with one attached hydrogen (secondary N) is 2. The van der Waals surface area contributed by atoms with Crippen molar-refractivity contribution < 1.29 is 9.53 Å². The second-order valence-electron chi connectivity index (χ2n) is 7.24. The van der Waals surface area contributed by atoms with Crippen LogP contribution in [0.3, 0.4) is 0 Å². The summed E-state index contributed by atoms with van der Waals surface area (Å²) in [6, 6.07) is 0.460. The summed E-state index contributed by atoms with van der Waals surface area (Å²) in [5.41, 5.74) is -0.199. The van der Waals surface area contributed by atoms with Crippen LogP contribution in [0.5, 0.6) is 0 Å². The van der Waals surface area contributed by atoms with E-state index in [1.807, 2.05) is 13.8 Å². The van der Waals surface area contributed by atoms with Crippen molar-refractivity contribution in [3.63, 3.8) is 0 Å². The smallest absolute Gasteiger partial charge is 0.226 e. The van der Waals surface area contributed by atoms with Gasteiger partial charge in [-0.1, -0.05) is 13.8 Å². The Kier molecular flexibility index (Phi) is 3.94. The zero-order valence-corrected chi connectivity index (χ0v) is 12.9. The topological polar surface area (TPSA) is 50.4 Å². The Bertz CT molecular complexity index is 352. The molecule has 1 saturated heterocycles. The highest BCUT2D eigenvalue weighted by molar-refractivity contribution is 5.81. The summed E-state index contributed by atoms with van der Waals surface area (Å²) in [6.45, 7) is 10.1. The molecule has 19 heavy (non-hydrogen) atoms. The van der Waals surface area contributed by atoms with Crippen molar-refractivity contribution in [1.29, 1.82) is 0 Å². The molecule has 1 aliphatic carbocycles. The van der Waals surface area contributed by atoms with Crippen LogP contribution in [0.25, 0.3) is 0 Å². The molecule has 0 aromatic rings. The van der Waals surface area contributed by atoms with Gasteiger partial charge in [0.2, 0.25) is 5.91 Å². The molecule has 0 bridgehead atoms.